The van der Waals surface area contributed by atoms with Crippen LogP contribution in [0.15, 0.2) is 0 Å². The predicted octanol–water partition coefficient (Wildman–Crippen LogP) is 4.17. The van der Waals surface area contributed by atoms with E-state index in [1.165, 1.54) is 6.42 Å². The van der Waals surface area contributed by atoms with Crippen LogP contribution in [0.5, 0.6) is 0 Å². The molecule has 0 aromatic rings. The molecule has 0 spiro atoms. The maximum Gasteiger partial charge on any atom is 0.441 e. The van der Waals surface area contributed by atoms with E-state index in [9.17, 15) is 13.2 Å². The molecule has 17 heavy (non-hydrogen) atoms. The number of rotatable bonds is 5. The van der Waals surface area contributed by atoms with Gasteiger partial charge in [-0.15, -0.1) is 0 Å². The van der Waals surface area contributed by atoms with Crippen LogP contribution < -0.4 is 5.73 Å². The van der Waals surface area contributed by atoms with Crippen molar-refractivity contribution < 1.29 is 13.2 Å². The van der Waals surface area contributed by atoms with Crippen molar-refractivity contribution in [3.63, 3.8) is 0 Å². The monoisotopic (exact) mass is 269 g/mol. The Balaban J connectivity index is 2.29. The lowest BCUT2D eigenvalue weighted by Gasteiger charge is -2.34. The van der Waals surface area contributed by atoms with E-state index in [1.807, 2.05) is 0 Å². The first-order valence-corrected chi connectivity index (χ1v) is 7.37. The fourth-order valence-electron chi connectivity index (χ4n) is 2.71. The molecule has 0 aromatic carbocycles. The van der Waals surface area contributed by atoms with Crippen molar-refractivity contribution in [1.82, 2.24) is 0 Å². The Hall–Kier alpha value is 0.100. The maximum atomic E-state index is 12.0. The highest BCUT2D eigenvalue weighted by atomic mass is 32.2. The molecular formula is C12H22F3NS. The quantitative estimate of drug-likeness (QED) is 0.810. The van der Waals surface area contributed by atoms with Gasteiger partial charge in [0.2, 0.25) is 0 Å². The SMILES string of the molecule is CCCC1CCC(N)C(CCSC(F)(F)F)C1. The molecule has 1 aliphatic rings. The zero-order chi connectivity index (χ0) is 12.9. The first-order valence-electron chi connectivity index (χ1n) is 6.38. The minimum Gasteiger partial charge on any atom is -0.327 e. The van der Waals surface area contributed by atoms with E-state index < -0.39 is 5.51 Å². The number of alkyl halides is 3. The number of hydrogen-bond donors (Lipinski definition) is 1. The second kappa shape index (κ2) is 6.88. The van der Waals surface area contributed by atoms with Gasteiger partial charge in [-0.2, -0.15) is 13.2 Å². The van der Waals surface area contributed by atoms with Crippen LogP contribution in [0.3, 0.4) is 0 Å². The van der Waals surface area contributed by atoms with Gasteiger partial charge in [-0.3, -0.25) is 0 Å². The van der Waals surface area contributed by atoms with Gasteiger partial charge in [-0.05, 0) is 37.5 Å². The Morgan fingerprint density at radius 1 is 1.24 bits per heavy atom. The molecule has 2 N–H and O–H groups in total. The molecule has 3 unspecified atom stereocenters. The van der Waals surface area contributed by atoms with Gasteiger partial charge in [0.15, 0.2) is 0 Å². The van der Waals surface area contributed by atoms with Crippen LogP contribution in [0.1, 0.15) is 45.4 Å². The molecule has 1 rings (SSSR count). The molecule has 1 saturated carbocycles. The first-order chi connectivity index (χ1) is 7.92. The van der Waals surface area contributed by atoms with Crippen molar-refractivity contribution in [1.29, 1.82) is 0 Å². The molecule has 0 saturated heterocycles. The van der Waals surface area contributed by atoms with E-state index in [1.54, 1.807) is 0 Å². The van der Waals surface area contributed by atoms with Gasteiger partial charge in [0.05, 0.1) is 0 Å². The highest BCUT2D eigenvalue weighted by molar-refractivity contribution is 8.00. The second-order valence-electron chi connectivity index (χ2n) is 4.97. The summed E-state index contributed by atoms with van der Waals surface area (Å²) in [5.74, 6) is 1.12. The van der Waals surface area contributed by atoms with E-state index >= 15 is 0 Å². The molecule has 3 atom stereocenters. The molecule has 0 bridgehead atoms. The summed E-state index contributed by atoms with van der Waals surface area (Å²) in [6.07, 6.45) is 6.10. The van der Waals surface area contributed by atoms with Crippen LogP contribution in [0.4, 0.5) is 13.2 Å². The molecule has 0 aromatic heterocycles. The van der Waals surface area contributed by atoms with Crippen molar-refractivity contribution in [3.05, 3.63) is 0 Å². The largest absolute Gasteiger partial charge is 0.441 e. The molecule has 1 aliphatic carbocycles. The van der Waals surface area contributed by atoms with E-state index in [4.69, 9.17) is 5.73 Å². The van der Waals surface area contributed by atoms with Gasteiger partial charge >= 0.3 is 5.51 Å². The smallest absolute Gasteiger partial charge is 0.327 e. The Kier molecular flexibility index (Phi) is 6.13. The zero-order valence-corrected chi connectivity index (χ0v) is 11.1. The minimum absolute atomic E-state index is 0.0883. The average molecular weight is 269 g/mol. The first kappa shape index (κ1) is 15.2. The third-order valence-corrected chi connectivity index (χ3v) is 4.37. The van der Waals surface area contributed by atoms with Crippen LogP contribution in [0, 0.1) is 11.8 Å². The highest BCUT2D eigenvalue weighted by Gasteiger charge is 2.31. The summed E-state index contributed by atoms with van der Waals surface area (Å²) in [6, 6.07) is 0.108. The lowest BCUT2D eigenvalue weighted by Crippen LogP contribution is -2.36. The van der Waals surface area contributed by atoms with Gasteiger partial charge < -0.3 is 5.73 Å². The summed E-state index contributed by atoms with van der Waals surface area (Å²) in [6.45, 7) is 2.16. The fraction of sp³-hybridized carbons (Fsp3) is 1.00. The number of nitrogens with two attached hydrogens (primary N) is 1. The van der Waals surface area contributed by atoms with Crippen LogP contribution in [0.2, 0.25) is 0 Å². The summed E-state index contributed by atoms with van der Waals surface area (Å²) in [5.41, 5.74) is 1.90. The summed E-state index contributed by atoms with van der Waals surface area (Å²) in [7, 11) is 0. The highest BCUT2D eigenvalue weighted by Crippen LogP contribution is 2.36. The predicted molar refractivity (Wildman–Crippen MR) is 66.8 cm³/mol. The van der Waals surface area contributed by atoms with E-state index in [-0.39, 0.29) is 29.5 Å². The van der Waals surface area contributed by atoms with Crippen molar-refractivity contribution in [2.75, 3.05) is 5.75 Å². The molecule has 1 nitrogen and oxygen atoms in total. The van der Waals surface area contributed by atoms with Gasteiger partial charge in [0, 0.05) is 11.8 Å². The van der Waals surface area contributed by atoms with Gasteiger partial charge in [-0.25, -0.2) is 0 Å². The topological polar surface area (TPSA) is 26.0 Å². The Morgan fingerprint density at radius 2 is 1.94 bits per heavy atom. The molecule has 1 fully saturated rings. The van der Waals surface area contributed by atoms with Crippen LogP contribution in [-0.2, 0) is 0 Å². The molecule has 0 aliphatic heterocycles. The summed E-state index contributed by atoms with van der Waals surface area (Å²) < 4.78 is 36.1. The van der Waals surface area contributed by atoms with Crippen molar-refractivity contribution in [2.24, 2.45) is 17.6 Å². The number of hydrogen-bond acceptors (Lipinski definition) is 2. The van der Waals surface area contributed by atoms with Gasteiger partial charge in [0.1, 0.15) is 0 Å². The fourth-order valence-corrected chi connectivity index (χ4v) is 3.37. The molecule has 5 heteroatoms. The summed E-state index contributed by atoms with van der Waals surface area (Å²) >= 11 is 0.0883. The Morgan fingerprint density at radius 3 is 2.53 bits per heavy atom. The third kappa shape index (κ3) is 6.00. The van der Waals surface area contributed by atoms with Gasteiger partial charge in [-0.1, -0.05) is 31.5 Å². The van der Waals surface area contributed by atoms with Crippen LogP contribution in [-0.4, -0.2) is 17.3 Å². The third-order valence-electron chi connectivity index (χ3n) is 3.60. The lowest BCUT2D eigenvalue weighted by molar-refractivity contribution is -0.0328. The Bertz CT molecular complexity index is 220. The normalized spacial score (nSPS) is 30.5. The minimum atomic E-state index is -4.10. The van der Waals surface area contributed by atoms with Crippen molar-refractivity contribution >= 4 is 11.8 Å². The Labute approximate surface area is 106 Å². The van der Waals surface area contributed by atoms with E-state index in [0.717, 1.165) is 25.7 Å². The van der Waals surface area contributed by atoms with Crippen molar-refractivity contribution in [3.8, 4) is 0 Å². The molecule has 102 valence electrons. The summed E-state index contributed by atoms with van der Waals surface area (Å²) in [5, 5.41) is 0. The van der Waals surface area contributed by atoms with Gasteiger partial charge in [0.25, 0.3) is 0 Å². The lowest BCUT2D eigenvalue weighted by atomic mass is 9.75. The van der Waals surface area contributed by atoms with Crippen LogP contribution >= 0.6 is 11.8 Å². The van der Waals surface area contributed by atoms with Crippen molar-refractivity contribution in [2.45, 2.75) is 57.0 Å². The second-order valence-corrected chi connectivity index (χ2v) is 6.13. The number of thioether (sulfide) groups is 1. The average Bonchev–Trinajstić information content (AvgIpc) is 2.21. The summed E-state index contributed by atoms with van der Waals surface area (Å²) in [4.78, 5) is 0. The molecule has 0 radical (unpaired) electrons. The van der Waals surface area contributed by atoms with E-state index in [2.05, 4.69) is 6.92 Å². The standard InChI is InChI=1S/C12H22F3NS/c1-2-3-9-4-5-11(16)10(8-9)6-7-17-12(13,14)15/h9-11H,2-8,16H2,1H3. The van der Waals surface area contributed by atoms with Crippen LogP contribution in [0.25, 0.3) is 0 Å². The molecular weight excluding hydrogens is 247 g/mol. The zero-order valence-electron chi connectivity index (χ0n) is 10.3. The molecule has 0 amide bonds. The maximum absolute atomic E-state index is 12.0. The van der Waals surface area contributed by atoms with E-state index in [0.29, 0.717) is 12.3 Å². The number of halogens is 3. The molecule has 0 heterocycles.